The monoisotopic (exact) mass is 162 g/mol. The Labute approximate surface area is 70.4 Å². The zero-order chi connectivity index (χ0) is 8.55. The van der Waals surface area contributed by atoms with Gasteiger partial charge in [-0.05, 0) is 6.42 Å². The Balaban J connectivity index is 2.68. The number of benzene rings is 1. The van der Waals surface area contributed by atoms with Crippen LogP contribution in [0.1, 0.15) is 18.1 Å². The summed E-state index contributed by atoms with van der Waals surface area (Å²) in [7, 11) is 0. The molecule has 0 fully saturated rings. The smallest absolute Gasteiger partial charge is 0.233 e. The van der Waals surface area contributed by atoms with E-state index in [9.17, 15) is 0 Å². The van der Waals surface area contributed by atoms with Gasteiger partial charge in [0.1, 0.15) is 0 Å². The van der Waals surface area contributed by atoms with Crippen LogP contribution in [0.4, 0.5) is 0 Å². The molecule has 0 N–H and O–H groups in total. The standard InChI is InChI=1S/C10H10O2/c1-3-7-5-6-8(4-2)10-9(7)11-12-10/h3,5-6H,1,4H2,2H3. The SMILES string of the molecule is C=Cc1ccc(CC)c2ooc12. The first-order chi connectivity index (χ1) is 5.86. The van der Waals surface area contributed by atoms with Gasteiger partial charge in [-0.25, -0.2) is 0 Å². The molecule has 0 spiro atoms. The second kappa shape index (κ2) is 2.55. The molecule has 2 nitrogen and oxygen atoms in total. The fourth-order valence-electron chi connectivity index (χ4n) is 1.28. The van der Waals surface area contributed by atoms with Crippen LogP contribution in [0.3, 0.4) is 0 Å². The van der Waals surface area contributed by atoms with Gasteiger partial charge in [-0.2, -0.15) is 0 Å². The van der Waals surface area contributed by atoms with Gasteiger partial charge in [0.2, 0.25) is 11.2 Å². The molecular weight excluding hydrogens is 152 g/mol. The van der Waals surface area contributed by atoms with Crippen molar-refractivity contribution in [2.75, 3.05) is 0 Å². The van der Waals surface area contributed by atoms with Crippen LogP contribution in [0.15, 0.2) is 27.9 Å². The zero-order valence-corrected chi connectivity index (χ0v) is 6.96. The molecule has 2 rings (SSSR count). The Morgan fingerprint density at radius 1 is 1.33 bits per heavy atom. The van der Waals surface area contributed by atoms with E-state index in [1.807, 2.05) is 12.1 Å². The average Bonchev–Trinajstić information content (AvgIpc) is 2.05. The van der Waals surface area contributed by atoms with Crippen molar-refractivity contribution in [2.45, 2.75) is 13.3 Å². The molecule has 12 heavy (non-hydrogen) atoms. The predicted octanol–water partition coefficient (Wildman–Crippen LogP) is 3.23. The third-order valence-electron chi connectivity index (χ3n) is 2.03. The summed E-state index contributed by atoms with van der Waals surface area (Å²) in [6, 6.07) is 4.03. The van der Waals surface area contributed by atoms with E-state index < -0.39 is 0 Å². The second-order valence-corrected chi connectivity index (χ2v) is 2.70. The summed E-state index contributed by atoms with van der Waals surface area (Å²) >= 11 is 0. The van der Waals surface area contributed by atoms with Crippen molar-refractivity contribution >= 4 is 17.2 Å². The van der Waals surface area contributed by atoms with E-state index in [1.54, 1.807) is 6.08 Å². The summed E-state index contributed by atoms with van der Waals surface area (Å²) in [5.74, 6) is 0. The molecule has 2 heteroatoms. The lowest BCUT2D eigenvalue weighted by Gasteiger charge is -2.05. The minimum atomic E-state index is 0.823. The molecule has 0 radical (unpaired) electrons. The van der Waals surface area contributed by atoms with Crippen LogP contribution in [0.25, 0.3) is 17.2 Å². The Morgan fingerprint density at radius 2 is 2.08 bits per heavy atom. The number of fused-ring (bicyclic) bond motifs is 1. The van der Waals surface area contributed by atoms with E-state index >= 15 is 0 Å². The van der Waals surface area contributed by atoms with Crippen LogP contribution >= 0.6 is 0 Å². The molecule has 0 saturated carbocycles. The Bertz CT molecular complexity index is 406. The molecule has 1 aromatic heterocycles. The summed E-state index contributed by atoms with van der Waals surface area (Å²) in [6.45, 7) is 5.77. The van der Waals surface area contributed by atoms with Gasteiger partial charge in [0.25, 0.3) is 0 Å². The van der Waals surface area contributed by atoms with Gasteiger partial charge in [-0.1, -0.05) is 31.7 Å². The summed E-state index contributed by atoms with van der Waals surface area (Å²) in [5.41, 5.74) is 3.87. The molecular formula is C10H10O2. The van der Waals surface area contributed by atoms with Gasteiger partial charge in [-0.3, -0.25) is 9.15 Å². The van der Waals surface area contributed by atoms with Crippen molar-refractivity contribution in [3.63, 3.8) is 0 Å². The van der Waals surface area contributed by atoms with Crippen molar-refractivity contribution in [2.24, 2.45) is 0 Å². The van der Waals surface area contributed by atoms with Gasteiger partial charge in [-0.15, -0.1) is 0 Å². The fraction of sp³-hybridized carbons (Fsp3) is 0.200. The van der Waals surface area contributed by atoms with Crippen LogP contribution in [-0.4, -0.2) is 0 Å². The highest BCUT2D eigenvalue weighted by atomic mass is 17.0. The van der Waals surface area contributed by atoms with Crippen LogP contribution in [0.5, 0.6) is 0 Å². The maximum Gasteiger partial charge on any atom is 0.233 e. The minimum absolute atomic E-state index is 0.823. The average molecular weight is 162 g/mol. The molecule has 0 unspecified atom stereocenters. The highest BCUT2D eigenvalue weighted by molar-refractivity contribution is 5.84. The molecule has 1 heterocycles. The molecule has 0 bridgehead atoms. The van der Waals surface area contributed by atoms with Crippen LogP contribution < -0.4 is 0 Å². The van der Waals surface area contributed by atoms with Crippen molar-refractivity contribution < 1.29 is 9.15 Å². The van der Waals surface area contributed by atoms with E-state index in [2.05, 4.69) is 13.5 Å². The maximum absolute atomic E-state index is 4.89. The lowest BCUT2D eigenvalue weighted by atomic mass is 10.1. The van der Waals surface area contributed by atoms with Crippen LogP contribution in [0.2, 0.25) is 0 Å². The fourth-order valence-corrected chi connectivity index (χ4v) is 1.28. The highest BCUT2D eigenvalue weighted by Gasteiger charge is 2.12. The molecule has 62 valence electrons. The zero-order valence-electron chi connectivity index (χ0n) is 6.96. The Kier molecular flexibility index (Phi) is 1.54. The highest BCUT2D eigenvalue weighted by Crippen LogP contribution is 2.27. The summed E-state index contributed by atoms with van der Waals surface area (Å²) in [5, 5.41) is 0. The molecule has 1 aromatic carbocycles. The van der Waals surface area contributed by atoms with Crippen molar-refractivity contribution in [1.82, 2.24) is 0 Å². The summed E-state index contributed by atoms with van der Waals surface area (Å²) < 4.78 is 9.76. The lowest BCUT2D eigenvalue weighted by Crippen LogP contribution is -1.88. The van der Waals surface area contributed by atoms with Gasteiger partial charge in [0, 0.05) is 11.1 Å². The van der Waals surface area contributed by atoms with Crippen LogP contribution in [-0.2, 0) is 6.42 Å². The summed E-state index contributed by atoms with van der Waals surface area (Å²) in [4.78, 5) is 0. The van der Waals surface area contributed by atoms with E-state index in [0.717, 1.165) is 23.2 Å². The first-order valence-corrected chi connectivity index (χ1v) is 3.99. The van der Waals surface area contributed by atoms with Crippen LogP contribution in [0, 0.1) is 0 Å². The second-order valence-electron chi connectivity index (χ2n) is 2.70. The molecule has 2 aromatic rings. The Hall–Kier alpha value is -1.44. The summed E-state index contributed by atoms with van der Waals surface area (Å²) in [6.07, 6.45) is 2.73. The van der Waals surface area contributed by atoms with Crippen molar-refractivity contribution in [1.29, 1.82) is 0 Å². The van der Waals surface area contributed by atoms with Crippen molar-refractivity contribution in [3.8, 4) is 0 Å². The lowest BCUT2D eigenvalue weighted by molar-refractivity contribution is 0.0579. The third kappa shape index (κ3) is 0.811. The molecule has 0 atom stereocenters. The van der Waals surface area contributed by atoms with Gasteiger partial charge in [0.05, 0.1) is 0 Å². The number of hydrogen-bond donors (Lipinski definition) is 0. The van der Waals surface area contributed by atoms with Gasteiger partial charge < -0.3 is 0 Å². The van der Waals surface area contributed by atoms with Crippen molar-refractivity contribution in [3.05, 3.63) is 29.8 Å². The first-order valence-electron chi connectivity index (χ1n) is 3.99. The molecule has 0 amide bonds. The van der Waals surface area contributed by atoms with E-state index in [0.29, 0.717) is 0 Å². The largest absolute Gasteiger partial charge is 0.285 e. The quantitative estimate of drug-likeness (QED) is 0.633. The normalized spacial score (nSPS) is 10.8. The Morgan fingerprint density at radius 3 is 2.58 bits per heavy atom. The van der Waals surface area contributed by atoms with E-state index in [4.69, 9.17) is 9.15 Å². The van der Waals surface area contributed by atoms with Gasteiger partial charge >= 0.3 is 0 Å². The topological polar surface area (TPSA) is 26.3 Å². The molecule has 0 aliphatic rings. The van der Waals surface area contributed by atoms with E-state index in [-0.39, 0.29) is 0 Å². The number of hydrogen-bond acceptors (Lipinski definition) is 2. The molecule has 0 aliphatic heterocycles. The number of aryl methyl sites for hydroxylation is 1. The first kappa shape index (κ1) is 7.22. The van der Waals surface area contributed by atoms with Gasteiger partial charge in [0.15, 0.2) is 0 Å². The van der Waals surface area contributed by atoms with E-state index in [1.165, 1.54) is 5.56 Å². The number of rotatable bonds is 2. The predicted molar refractivity (Wildman–Crippen MR) is 47.9 cm³/mol. The third-order valence-corrected chi connectivity index (χ3v) is 2.03. The minimum Gasteiger partial charge on any atom is -0.285 e. The molecule has 0 aliphatic carbocycles. The maximum atomic E-state index is 4.89. The molecule has 0 saturated heterocycles.